The standard InChI is InChI=1S/C9H12FNO/c10-6-5-8-1-3-9(4-2-8)7-11-12/h1-4,11-12H,5-7H2. The minimum atomic E-state index is -0.322. The monoisotopic (exact) mass is 169 g/mol. The van der Waals surface area contributed by atoms with Gasteiger partial charge in [-0.05, 0) is 11.1 Å². The summed E-state index contributed by atoms with van der Waals surface area (Å²) in [6.45, 7) is 0.105. The summed E-state index contributed by atoms with van der Waals surface area (Å²) in [5, 5.41) is 8.38. The molecule has 1 rings (SSSR count). The lowest BCUT2D eigenvalue weighted by atomic mass is 10.1. The number of aryl methyl sites for hydroxylation is 1. The SMILES string of the molecule is ONCc1ccc(CCF)cc1. The van der Waals surface area contributed by atoms with Crippen LogP contribution in [0.4, 0.5) is 4.39 Å². The Morgan fingerprint density at radius 2 is 1.75 bits per heavy atom. The van der Waals surface area contributed by atoms with E-state index in [4.69, 9.17) is 5.21 Å². The van der Waals surface area contributed by atoms with Crippen LogP contribution in [0.1, 0.15) is 11.1 Å². The number of alkyl halides is 1. The Bertz CT molecular complexity index is 197. The Kier molecular flexibility index (Phi) is 3.70. The zero-order valence-electron chi connectivity index (χ0n) is 6.76. The molecule has 2 N–H and O–H groups in total. The second-order valence-electron chi connectivity index (χ2n) is 2.59. The maximum Gasteiger partial charge on any atom is 0.0934 e. The molecule has 0 heterocycles. The van der Waals surface area contributed by atoms with E-state index < -0.39 is 0 Å². The Morgan fingerprint density at radius 1 is 1.17 bits per heavy atom. The first-order valence-electron chi connectivity index (χ1n) is 3.87. The van der Waals surface area contributed by atoms with E-state index in [0.717, 1.165) is 11.1 Å². The van der Waals surface area contributed by atoms with Crippen molar-refractivity contribution in [1.29, 1.82) is 0 Å². The number of nitrogens with one attached hydrogen (secondary N) is 1. The molecule has 1 aromatic carbocycles. The zero-order valence-corrected chi connectivity index (χ0v) is 6.76. The van der Waals surface area contributed by atoms with Gasteiger partial charge in [-0.3, -0.25) is 4.39 Å². The van der Waals surface area contributed by atoms with Crippen LogP contribution in [-0.4, -0.2) is 11.9 Å². The summed E-state index contributed by atoms with van der Waals surface area (Å²) >= 11 is 0. The molecule has 0 radical (unpaired) electrons. The van der Waals surface area contributed by atoms with E-state index in [2.05, 4.69) is 5.48 Å². The van der Waals surface area contributed by atoms with Gasteiger partial charge < -0.3 is 5.21 Å². The highest BCUT2D eigenvalue weighted by Gasteiger charge is 1.93. The lowest BCUT2D eigenvalue weighted by Crippen LogP contribution is -2.05. The van der Waals surface area contributed by atoms with Gasteiger partial charge in [0.25, 0.3) is 0 Å². The zero-order chi connectivity index (χ0) is 8.81. The number of benzene rings is 1. The van der Waals surface area contributed by atoms with Crippen LogP contribution in [0.5, 0.6) is 0 Å². The first kappa shape index (κ1) is 9.16. The molecule has 0 bridgehead atoms. The van der Waals surface area contributed by atoms with Crippen LogP contribution in [0.15, 0.2) is 24.3 Å². The van der Waals surface area contributed by atoms with Gasteiger partial charge in [-0.2, -0.15) is 0 Å². The van der Waals surface area contributed by atoms with E-state index in [-0.39, 0.29) is 6.67 Å². The molecule has 0 aliphatic rings. The fourth-order valence-corrected chi connectivity index (χ4v) is 1.02. The predicted molar refractivity (Wildman–Crippen MR) is 44.7 cm³/mol. The van der Waals surface area contributed by atoms with Crippen molar-refractivity contribution in [2.45, 2.75) is 13.0 Å². The van der Waals surface area contributed by atoms with Gasteiger partial charge in [0.2, 0.25) is 0 Å². The van der Waals surface area contributed by atoms with Gasteiger partial charge in [0.05, 0.1) is 6.67 Å². The Labute approximate surface area is 71.0 Å². The van der Waals surface area contributed by atoms with Crippen LogP contribution in [0.3, 0.4) is 0 Å². The first-order chi connectivity index (χ1) is 5.86. The molecule has 0 spiro atoms. The van der Waals surface area contributed by atoms with Crippen molar-refractivity contribution in [3.8, 4) is 0 Å². The van der Waals surface area contributed by atoms with Crippen LogP contribution in [-0.2, 0) is 13.0 Å². The van der Waals surface area contributed by atoms with Crippen LogP contribution in [0, 0.1) is 0 Å². The average molecular weight is 169 g/mol. The lowest BCUT2D eigenvalue weighted by Gasteiger charge is -2.00. The first-order valence-corrected chi connectivity index (χ1v) is 3.87. The summed E-state index contributed by atoms with van der Waals surface area (Å²) in [6.07, 6.45) is 0.465. The molecular weight excluding hydrogens is 157 g/mol. The molecule has 3 heteroatoms. The third-order valence-corrected chi connectivity index (χ3v) is 1.69. The molecule has 0 saturated carbocycles. The maximum atomic E-state index is 11.9. The lowest BCUT2D eigenvalue weighted by molar-refractivity contribution is 0.161. The van der Waals surface area contributed by atoms with Crippen molar-refractivity contribution in [2.75, 3.05) is 6.67 Å². The van der Waals surface area contributed by atoms with E-state index in [9.17, 15) is 4.39 Å². The van der Waals surface area contributed by atoms with Gasteiger partial charge in [-0.1, -0.05) is 24.3 Å². The van der Waals surface area contributed by atoms with E-state index in [1.165, 1.54) is 0 Å². The van der Waals surface area contributed by atoms with Gasteiger partial charge in [0, 0.05) is 13.0 Å². The third kappa shape index (κ3) is 2.60. The van der Waals surface area contributed by atoms with Gasteiger partial charge in [-0.25, -0.2) is 5.48 Å². The van der Waals surface area contributed by atoms with Crippen molar-refractivity contribution >= 4 is 0 Å². The minimum Gasteiger partial charge on any atom is -0.316 e. The second kappa shape index (κ2) is 4.85. The molecule has 0 aliphatic carbocycles. The van der Waals surface area contributed by atoms with Crippen molar-refractivity contribution in [3.63, 3.8) is 0 Å². The Morgan fingerprint density at radius 3 is 2.25 bits per heavy atom. The van der Waals surface area contributed by atoms with Gasteiger partial charge in [-0.15, -0.1) is 0 Å². The van der Waals surface area contributed by atoms with E-state index >= 15 is 0 Å². The molecule has 0 atom stereocenters. The predicted octanol–water partition coefficient (Wildman–Crippen LogP) is 1.68. The molecule has 0 fully saturated rings. The summed E-state index contributed by atoms with van der Waals surface area (Å²) in [5.41, 5.74) is 4.03. The third-order valence-electron chi connectivity index (χ3n) is 1.69. The highest BCUT2D eigenvalue weighted by Crippen LogP contribution is 2.04. The molecule has 0 amide bonds. The number of halogens is 1. The fourth-order valence-electron chi connectivity index (χ4n) is 1.02. The Balaban J connectivity index is 2.58. The van der Waals surface area contributed by atoms with Gasteiger partial charge in [0.1, 0.15) is 0 Å². The number of rotatable bonds is 4. The van der Waals surface area contributed by atoms with Crippen LogP contribution >= 0.6 is 0 Å². The normalized spacial score (nSPS) is 10.2. The summed E-state index contributed by atoms with van der Waals surface area (Å²) in [4.78, 5) is 0. The molecule has 0 aliphatic heterocycles. The van der Waals surface area contributed by atoms with Gasteiger partial charge >= 0.3 is 0 Å². The van der Waals surface area contributed by atoms with E-state index in [1.54, 1.807) is 0 Å². The summed E-state index contributed by atoms with van der Waals surface area (Å²) in [5.74, 6) is 0. The summed E-state index contributed by atoms with van der Waals surface area (Å²) in [7, 11) is 0. The molecule has 2 nitrogen and oxygen atoms in total. The summed E-state index contributed by atoms with van der Waals surface area (Å²) < 4.78 is 11.9. The smallest absolute Gasteiger partial charge is 0.0934 e. The molecular formula is C9H12FNO. The van der Waals surface area contributed by atoms with Crippen molar-refractivity contribution in [2.24, 2.45) is 0 Å². The second-order valence-corrected chi connectivity index (χ2v) is 2.59. The number of hydrogen-bond acceptors (Lipinski definition) is 2. The topological polar surface area (TPSA) is 32.3 Å². The molecule has 0 aromatic heterocycles. The summed E-state index contributed by atoms with van der Waals surface area (Å²) in [6, 6.07) is 7.47. The van der Waals surface area contributed by atoms with Crippen LogP contribution in [0.2, 0.25) is 0 Å². The fraction of sp³-hybridized carbons (Fsp3) is 0.333. The highest BCUT2D eigenvalue weighted by molar-refractivity contribution is 5.22. The van der Waals surface area contributed by atoms with E-state index in [0.29, 0.717) is 13.0 Å². The number of hydrogen-bond donors (Lipinski definition) is 2. The highest BCUT2D eigenvalue weighted by atomic mass is 19.1. The number of hydroxylamine groups is 1. The van der Waals surface area contributed by atoms with Gasteiger partial charge in [0.15, 0.2) is 0 Å². The van der Waals surface area contributed by atoms with Crippen LogP contribution < -0.4 is 5.48 Å². The van der Waals surface area contributed by atoms with Crippen molar-refractivity contribution < 1.29 is 9.60 Å². The minimum absolute atomic E-state index is 0.322. The molecule has 66 valence electrons. The molecule has 12 heavy (non-hydrogen) atoms. The van der Waals surface area contributed by atoms with E-state index in [1.807, 2.05) is 24.3 Å². The quantitative estimate of drug-likeness (QED) is 0.672. The van der Waals surface area contributed by atoms with Crippen molar-refractivity contribution in [1.82, 2.24) is 5.48 Å². The maximum absolute atomic E-state index is 11.9. The van der Waals surface area contributed by atoms with Crippen LogP contribution in [0.25, 0.3) is 0 Å². The largest absolute Gasteiger partial charge is 0.316 e. The average Bonchev–Trinajstić information content (AvgIpc) is 2.09. The van der Waals surface area contributed by atoms with Crippen molar-refractivity contribution in [3.05, 3.63) is 35.4 Å². The molecule has 1 aromatic rings. The molecule has 0 saturated heterocycles. The molecule has 0 unspecified atom stereocenters. The Hall–Kier alpha value is -0.930.